The van der Waals surface area contributed by atoms with Gasteiger partial charge in [-0.25, -0.2) is 4.70 Å². The van der Waals surface area contributed by atoms with Gasteiger partial charge in [-0.1, -0.05) is 290 Å². The van der Waals surface area contributed by atoms with Crippen molar-refractivity contribution in [1.82, 2.24) is 0 Å². The Labute approximate surface area is 496 Å². The van der Waals surface area contributed by atoms with Crippen LogP contribution in [0.25, 0.3) is 16.9 Å². The van der Waals surface area contributed by atoms with E-state index in [0.717, 1.165) is 69.2 Å². The monoisotopic (exact) mass is 1150 g/mol. The summed E-state index contributed by atoms with van der Waals surface area (Å²) >= 11 is 0. The van der Waals surface area contributed by atoms with Crippen molar-refractivity contribution >= 4 is 11.4 Å². The van der Waals surface area contributed by atoms with Crippen molar-refractivity contribution in [1.29, 1.82) is 0 Å². The minimum absolute atomic E-state index is 0. The number of rotatable bonds is 47. The van der Waals surface area contributed by atoms with E-state index in [1.807, 2.05) is 0 Å². The normalized spacial score (nSPS) is 12.3. The van der Waals surface area contributed by atoms with Gasteiger partial charge in [-0.2, -0.15) is 12.8 Å². The fourth-order valence-corrected chi connectivity index (χ4v) is 10.4. The molecule has 0 bridgehead atoms. The summed E-state index contributed by atoms with van der Waals surface area (Å²) in [5, 5.41) is 0. The van der Waals surface area contributed by atoms with Gasteiger partial charge in [0.25, 0.3) is 0 Å². The van der Waals surface area contributed by atoms with Crippen LogP contribution in [0.2, 0.25) is 0 Å². The van der Waals surface area contributed by atoms with E-state index in [1.54, 1.807) is 4.70 Å². The van der Waals surface area contributed by atoms with Crippen LogP contribution in [0.4, 0.5) is 0 Å². The van der Waals surface area contributed by atoms with Crippen LogP contribution in [0.15, 0.2) is 72.4 Å². The van der Waals surface area contributed by atoms with Crippen molar-refractivity contribution < 1.29 is 25.1 Å². The summed E-state index contributed by atoms with van der Waals surface area (Å²) in [6, 6.07) is 14.5. The molecule has 1 aliphatic rings. The summed E-state index contributed by atoms with van der Waals surface area (Å²) in [6.45, 7) is 22.9. The van der Waals surface area contributed by atoms with Crippen molar-refractivity contribution in [2.45, 2.75) is 337 Å². The van der Waals surface area contributed by atoms with Crippen LogP contribution in [-0.4, -0.2) is 4.70 Å². The first-order chi connectivity index (χ1) is 37.4. The number of unbranched alkanes of at least 4 members (excludes halogenated alkanes) is 32. The number of allylic oxidation sites excluding steroid dienone is 6. The minimum Gasteiger partial charge on any atom is -0.493 e. The van der Waals surface area contributed by atoms with Gasteiger partial charge in [0.1, 0.15) is 0 Å². The molecule has 0 spiro atoms. The van der Waals surface area contributed by atoms with Crippen molar-refractivity contribution in [3.63, 3.8) is 0 Å². The molecule has 1 aliphatic heterocycles. The molecule has 0 aromatic heterocycles. The zero-order valence-corrected chi connectivity index (χ0v) is 53.9. The van der Waals surface area contributed by atoms with Crippen LogP contribution in [0.3, 0.4) is 0 Å². The summed E-state index contributed by atoms with van der Waals surface area (Å²) < 4.78 is 1.61. The molecule has 0 aliphatic carbocycles. The molecule has 442 valence electrons. The van der Waals surface area contributed by atoms with Gasteiger partial charge in [0.2, 0.25) is 11.4 Å². The first kappa shape index (κ1) is 74.7. The van der Waals surface area contributed by atoms with E-state index >= 15 is 0 Å². The molecule has 3 heteroatoms. The van der Waals surface area contributed by atoms with Crippen molar-refractivity contribution in [3.05, 3.63) is 125 Å². The molecular formula is C74H126N2Pd. The number of benzene rings is 2. The topological polar surface area (TPSA) is 25.3 Å². The molecule has 0 saturated carbocycles. The molecule has 0 fully saturated rings. The third-order valence-corrected chi connectivity index (χ3v) is 15.6. The molecule has 0 atom stereocenters. The summed E-state index contributed by atoms with van der Waals surface area (Å²) in [5.74, 6) is 0. The van der Waals surface area contributed by atoms with Crippen molar-refractivity contribution in [2.75, 3.05) is 0 Å². The first-order valence-electron chi connectivity index (χ1n) is 33.5. The van der Waals surface area contributed by atoms with Gasteiger partial charge in [-0.15, -0.1) is 0 Å². The van der Waals surface area contributed by atoms with E-state index in [2.05, 4.69) is 129 Å². The molecule has 0 amide bonds. The second-order valence-corrected chi connectivity index (χ2v) is 22.8. The van der Waals surface area contributed by atoms with Crippen LogP contribution in [0, 0.1) is 13.8 Å². The van der Waals surface area contributed by atoms with Crippen molar-refractivity contribution in [2.24, 2.45) is 0 Å². The molecule has 2 aromatic rings. The Kier molecular flexibility index (Phi) is 53.9. The molecule has 77 heavy (non-hydrogen) atoms. The van der Waals surface area contributed by atoms with E-state index in [-0.39, 0.29) is 20.4 Å². The Morgan fingerprint density at radius 1 is 0.377 bits per heavy atom. The Morgan fingerprint density at radius 3 is 1.04 bits per heavy atom. The Hall–Kier alpha value is -2.34. The van der Waals surface area contributed by atoms with E-state index < -0.39 is 0 Å². The smallest absolute Gasteiger partial charge is 0.493 e. The summed E-state index contributed by atoms with van der Waals surface area (Å²) in [5.41, 5.74) is 23.8. The maximum Gasteiger partial charge on any atom is 2.00 e. The first-order valence-corrected chi connectivity index (χ1v) is 33.5. The fourth-order valence-electron chi connectivity index (χ4n) is 10.4. The largest absolute Gasteiger partial charge is 2.00 e. The Bertz CT molecular complexity index is 1770. The van der Waals surface area contributed by atoms with Gasteiger partial charge < -0.3 is 19.4 Å². The van der Waals surface area contributed by atoms with Gasteiger partial charge in [0, 0.05) is 22.8 Å². The van der Waals surface area contributed by atoms with Gasteiger partial charge in [0.15, 0.2) is 0 Å². The average molecular weight is 1150 g/mol. The second kappa shape index (κ2) is 55.6. The number of hydrogen-bond acceptors (Lipinski definition) is 0. The zero-order valence-electron chi connectivity index (χ0n) is 52.3. The van der Waals surface area contributed by atoms with Crippen molar-refractivity contribution in [3.8, 4) is 0 Å². The SMILES string of the molecule is CCCCCCCCCCCCC=CCCc1ccc(CCCCCCCC)cc1C1=CC(CC)=C(c2cc(CCCCCCCC)ccc2CCC=CCCCCCCCCCCCC)[N+]1=[N-].[CH2-]CCC.[CH2-]CCC.[Pd+2]. The predicted octanol–water partition coefficient (Wildman–Crippen LogP) is 25.5. The molecule has 0 saturated heterocycles. The quantitative estimate of drug-likeness (QED) is 0.0208. The van der Waals surface area contributed by atoms with Crippen LogP contribution in [0.1, 0.15) is 345 Å². The van der Waals surface area contributed by atoms with Gasteiger partial charge in [0.05, 0.1) is 0 Å². The third kappa shape index (κ3) is 38.1. The van der Waals surface area contributed by atoms with Gasteiger partial charge in [-0.05, 0) is 118 Å². The standard InChI is InChI=1S/C66H108N2.2C4H9.Pd/c1-6-11-15-19-23-25-27-29-31-33-35-37-41-45-49-61-53-51-58(47-43-39-21-17-13-8-3)55-63(61)65-57-60(10-5)66(68(65)67)64-56-59(48-44-40-22-18-14-9-4)52-54-62(64)50-46-42-38-36-34-32-30-28-26-24-20-16-12-7-2;2*1-3-4-2;/h37-38,41-42,51-57H,6-36,39-40,43-50H2,1-5H3;2*1,3-4H2,2H3;/q;2*-1;+2. The molecular weight excluding hydrogens is 1020 g/mol. The Balaban J connectivity index is 0.00000597. The maximum absolute atomic E-state index is 12.5. The van der Waals surface area contributed by atoms with Crippen LogP contribution < -0.4 is 0 Å². The number of nitrogens with zero attached hydrogens (tertiary/aromatic N) is 2. The maximum atomic E-state index is 12.5. The molecule has 2 aromatic carbocycles. The minimum atomic E-state index is 0. The molecule has 0 N–H and O–H groups in total. The second-order valence-electron chi connectivity index (χ2n) is 22.8. The van der Waals surface area contributed by atoms with E-state index in [4.69, 9.17) is 0 Å². The summed E-state index contributed by atoms with van der Waals surface area (Å²) in [4.78, 5) is 0. The van der Waals surface area contributed by atoms with Crippen LogP contribution in [0.5, 0.6) is 0 Å². The van der Waals surface area contributed by atoms with E-state index in [1.165, 1.54) is 270 Å². The molecule has 2 nitrogen and oxygen atoms in total. The fraction of sp³-hybridized carbons (Fsp3) is 0.703. The van der Waals surface area contributed by atoms with E-state index in [0.29, 0.717) is 0 Å². The average Bonchev–Trinajstić information content (AvgIpc) is 3.78. The molecule has 0 unspecified atom stereocenters. The van der Waals surface area contributed by atoms with Gasteiger partial charge >= 0.3 is 20.4 Å². The Morgan fingerprint density at radius 2 is 0.688 bits per heavy atom. The predicted molar refractivity (Wildman–Crippen MR) is 344 cm³/mol. The summed E-state index contributed by atoms with van der Waals surface area (Å²) in [6.07, 6.45) is 69.7. The number of aryl methyl sites for hydroxylation is 4. The van der Waals surface area contributed by atoms with Gasteiger partial charge in [-0.3, -0.25) is 0 Å². The zero-order chi connectivity index (χ0) is 55.4. The summed E-state index contributed by atoms with van der Waals surface area (Å²) in [7, 11) is 0. The molecule has 3 rings (SSSR count). The molecule has 0 radical (unpaired) electrons. The van der Waals surface area contributed by atoms with Crippen LogP contribution in [-0.2, 0) is 46.1 Å². The van der Waals surface area contributed by atoms with E-state index in [9.17, 15) is 5.53 Å². The van der Waals surface area contributed by atoms with Crippen LogP contribution >= 0.6 is 0 Å². The third-order valence-electron chi connectivity index (χ3n) is 15.6. The molecule has 1 heterocycles. The number of hydrogen-bond donors (Lipinski definition) is 0.